The first kappa shape index (κ1) is 12.5. The molecule has 1 aromatic rings. The first-order chi connectivity index (χ1) is 8.16. The van der Waals surface area contributed by atoms with Crippen molar-refractivity contribution in [3.05, 3.63) is 11.6 Å². The Morgan fingerprint density at radius 2 is 2.12 bits per heavy atom. The second-order valence-electron chi connectivity index (χ2n) is 5.04. The van der Waals surface area contributed by atoms with Gasteiger partial charge in [-0.25, -0.2) is 4.98 Å². The first-order valence-corrected chi connectivity index (χ1v) is 6.49. The molecule has 0 spiro atoms. The van der Waals surface area contributed by atoms with Gasteiger partial charge < -0.3 is 5.32 Å². The molecule has 0 aromatic carbocycles. The van der Waals surface area contributed by atoms with E-state index in [9.17, 15) is 0 Å². The van der Waals surface area contributed by atoms with Crippen LogP contribution in [0.15, 0.2) is 0 Å². The summed E-state index contributed by atoms with van der Waals surface area (Å²) in [5.74, 6) is 2.44. The molecule has 0 amide bonds. The number of hydrogen-bond donors (Lipinski definition) is 1. The molecule has 2 rings (SSSR count). The number of aryl methyl sites for hydroxylation is 1. The standard InChI is InChI=1S/C12H23N5/c1-10(2)12-14-11(16(3)15-12)9-17-7-4-5-13-6-8-17/h10,13H,4-9H2,1-3H3. The summed E-state index contributed by atoms with van der Waals surface area (Å²) in [5, 5.41) is 7.88. The minimum Gasteiger partial charge on any atom is -0.315 e. The van der Waals surface area contributed by atoms with Crippen LogP contribution in [-0.2, 0) is 13.6 Å². The van der Waals surface area contributed by atoms with Crippen LogP contribution in [-0.4, -0.2) is 45.8 Å². The summed E-state index contributed by atoms with van der Waals surface area (Å²) in [7, 11) is 1.99. The summed E-state index contributed by atoms with van der Waals surface area (Å²) in [4.78, 5) is 7.08. The maximum absolute atomic E-state index is 4.62. The second kappa shape index (κ2) is 5.60. The third kappa shape index (κ3) is 3.26. The molecule has 0 aliphatic carbocycles. The summed E-state index contributed by atoms with van der Waals surface area (Å²) in [6.45, 7) is 9.64. The Labute approximate surface area is 103 Å². The Hall–Kier alpha value is -0.940. The van der Waals surface area contributed by atoms with Crippen LogP contribution in [0.3, 0.4) is 0 Å². The third-order valence-corrected chi connectivity index (χ3v) is 3.18. The molecule has 1 aliphatic rings. The van der Waals surface area contributed by atoms with Crippen LogP contribution < -0.4 is 5.32 Å². The van der Waals surface area contributed by atoms with Gasteiger partial charge in [-0.1, -0.05) is 13.8 Å². The number of nitrogens with zero attached hydrogens (tertiary/aromatic N) is 4. The zero-order valence-electron chi connectivity index (χ0n) is 11.1. The van der Waals surface area contributed by atoms with Crippen molar-refractivity contribution in [1.29, 1.82) is 0 Å². The maximum Gasteiger partial charge on any atom is 0.153 e. The fourth-order valence-corrected chi connectivity index (χ4v) is 2.08. The molecule has 1 aliphatic heterocycles. The molecule has 0 saturated carbocycles. The van der Waals surface area contributed by atoms with Gasteiger partial charge in [0.2, 0.25) is 0 Å². The Kier molecular flexibility index (Phi) is 4.12. The van der Waals surface area contributed by atoms with E-state index in [2.05, 4.69) is 34.1 Å². The Balaban J connectivity index is 2.01. The number of rotatable bonds is 3. The van der Waals surface area contributed by atoms with E-state index in [-0.39, 0.29) is 0 Å². The van der Waals surface area contributed by atoms with Crippen molar-refractivity contribution in [2.75, 3.05) is 26.2 Å². The lowest BCUT2D eigenvalue weighted by Gasteiger charge is -2.18. The highest BCUT2D eigenvalue weighted by atomic mass is 15.4. The van der Waals surface area contributed by atoms with E-state index >= 15 is 0 Å². The molecule has 5 nitrogen and oxygen atoms in total. The monoisotopic (exact) mass is 237 g/mol. The number of aromatic nitrogens is 3. The molecule has 1 fully saturated rings. The topological polar surface area (TPSA) is 46.0 Å². The van der Waals surface area contributed by atoms with Crippen LogP contribution in [0, 0.1) is 0 Å². The average Bonchev–Trinajstić information content (AvgIpc) is 2.52. The fourth-order valence-electron chi connectivity index (χ4n) is 2.08. The maximum atomic E-state index is 4.62. The van der Waals surface area contributed by atoms with Crippen LogP contribution in [0.2, 0.25) is 0 Å². The smallest absolute Gasteiger partial charge is 0.153 e. The first-order valence-electron chi connectivity index (χ1n) is 6.49. The van der Waals surface area contributed by atoms with Crippen LogP contribution in [0.4, 0.5) is 0 Å². The molecule has 0 bridgehead atoms. The van der Waals surface area contributed by atoms with E-state index in [1.807, 2.05) is 11.7 Å². The average molecular weight is 237 g/mol. The SMILES string of the molecule is CC(C)c1nc(CN2CCCNCC2)n(C)n1. The number of nitrogens with one attached hydrogen (secondary N) is 1. The minimum absolute atomic E-state index is 0.403. The van der Waals surface area contributed by atoms with Crippen molar-refractivity contribution in [1.82, 2.24) is 25.0 Å². The van der Waals surface area contributed by atoms with E-state index in [0.717, 1.165) is 44.4 Å². The van der Waals surface area contributed by atoms with E-state index in [4.69, 9.17) is 0 Å². The Morgan fingerprint density at radius 1 is 1.29 bits per heavy atom. The summed E-state index contributed by atoms with van der Waals surface area (Å²) >= 11 is 0. The van der Waals surface area contributed by atoms with Crippen molar-refractivity contribution in [3.8, 4) is 0 Å². The van der Waals surface area contributed by atoms with Crippen LogP contribution in [0.1, 0.15) is 37.8 Å². The quantitative estimate of drug-likeness (QED) is 0.842. The van der Waals surface area contributed by atoms with Gasteiger partial charge in [0.1, 0.15) is 5.82 Å². The molecule has 1 saturated heterocycles. The van der Waals surface area contributed by atoms with Crippen LogP contribution >= 0.6 is 0 Å². The highest BCUT2D eigenvalue weighted by Crippen LogP contribution is 2.11. The predicted octanol–water partition coefficient (Wildman–Crippen LogP) is 0.734. The van der Waals surface area contributed by atoms with Crippen molar-refractivity contribution in [3.63, 3.8) is 0 Å². The Bertz CT molecular complexity index is 350. The van der Waals surface area contributed by atoms with Crippen molar-refractivity contribution in [2.45, 2.75) is 32.7 Å². The summed E-state index contributed by atoms with van der Waals surface area (Å²) in [6, 6.07) is 0. The molecule has 0 atom stereocenters. The largest absolute Gasteiger partial charge is 0.315 e. The third-order valence-electron chi connectivity index (χ3n) is 3.18. The van der Waals surface area contributed by atoms with Gasteiger partial charge in [0.05, 0.1) is 6.54 Å². The normalized spacial score (nSPS) is 18.6. The van der Waals surface area contributed by atoms with E-state index in [1.54, 1.807) is 0 Å². The molecular formula is C12H23N5. The molecule has 1 N–H and O–H groups in total. The highest BCUT2D eigenvalue weighted by Gasteiger charge is 2.14. The van der Waals surface area contributed by atoms with Crippen molar-refractivity contribution < 1.29 is 0 Å². The van der Waals surface area contributed by atoms with Gasteiger partial charge in [0.25, 0.3) is 0 Å². The molecule has 0 radical (unpaired) electrons. The molecule has 2 heterocycles. The van der Waals surface area contributed by atoms with Gasteiger partial charge in [-0.05, 0) is 19.5 Å². The second-order valence-corrected chi connectivity index (χ2v) is 5.04. The van der Waals surface area contributed by atoms with Gasteiger partial charge in [0.15, 0.2) is 5.82 Å². The lowest BCUT2D eigenvalue weighted by atomic mass is 10.2. The molecule has 17 heavy (non-hydrogen) atoms. The molecule has 1 aromatic heterocycles. The lowest BCUT2D eigenvalue weighted by molar-refractivity contribution is 0.273. The summed E-state index contributed by atoms with van der Waals surface area (Å²) < 4.78 is 1.92. The van der Waals surface area contributed by atoms with Gasteiger partial charge in [-0.15, -0.1) is 0 Å². The Morgan fingerprint density at radius 3 is 2.82 bits per heavy atom. The van der Waals surface area contributed by atoms with Gasteiger partial charge in [-0.3, -0.25) is 9.58 Å². The van der Waals surface area contributed by atoms with E-state index < -0.39 is 0 Å². The number of hydrogen-bond acceptors (Lipinski definition) is 4. The fraction of sp³-hybridized carbons (Fsp3) is 0.833. The lowest BCUT2D eigenvalue weighted by Crippen LogP contribution is -2.28. The van der Waals surface area contributed by atoms with E-state index in [0.29, 0.717) is 5.92 Å². The predicted molar refractivity (Wildman–Crippen MR) is 67.9 cm³/mol. The molecule has 96 valence electrons. The van der Waals surface area contributed by atoms with Crippen molar-refractivity contribution >= 4 is 0 Å². The van der Waals surface area contributed by atoms with Gasteiger partial charge >= 0.3 is 0 Å². The van der Waals surface area contributed by atoms with Gasteiger partial charge in [0, 0.05) is 26.1 Å². The minimum atomic E-state index is 0.403. The van der Waals surface area contributed by atoms with Crippen LogP contribution in [0.5, 0.6) is 0 Å². The molecular weight excluding hydrogens is 214 g/mol. The van der Waals surface area contributed by atoms with Gasteiger partial charge in [-0.2, -0.15) is 5.10 Å². The summed E-state index contributed by atoms with van der Waals surface area (Å²) in [5.41, 5.74) is 0. The van der Waals surface area contributed by atoms with Crippen molar-refractivity contribution in [2.24, 2.45) is 7.05 Å². The van der Waals surface area contributed by atoms with E-state index in [1.165, 1.54) is 6.42 Å². The zero-order chi connectivity index (χ0) is 12.3. The molecule has 5 heteroatoms. The zero-order valence-corrected chi connectivity index (χ0v) is 11.1. The van der Waals surface area contributed by atoms with Crippen LogP contribution in [0.25, 0.3) is 0 Å². The highest BCUT2D eigenvalue weighted by molar-refractivity contribution is 4.97. The summed E-state index contributed by atoms with van der Waals surface area (Å²) in [6.07, 6.45) is 1.22. The molecule has 0 unspecified atom stereocenters.